The van der Waals surface area contributed by atoms with Gasteiger partial charge < -0.3 is 5.32 Å². The molecule has 108 valence electrons. The van der Waals surface area contributed by atoms with Crippen molar-refractivity contribution in [1.82, 2.24) is 5.32 Å². The summed E-state index contributed by atoms with van der Waals surface area (Å²) in [6, 6.07) is 7.94. The van der Waals surface area contributed by atoms with Crippen LogP contribution in [0.4, 0.5) is 0 Å². The molecule has 1 N–H and O–H groups in total. The van der Waals surface area contributed by atoms with E-state index in [4.69, 9.17) is 23.2 Å². The van der Waals surface area contributed by atoms with Crippen LogP contribution >= 0.6 is 66.4 Å². The molecular formula is C14H13Br2Cl2NS. The second-order valence-corrected chi connectivity index (χ2v) is 8.92. The van der Waals surface area contributed by atoms with E-state index in [1.165, 1.54) is 5.56 Å². The Hall–Kier alpha value is 0.420. The highest BCUT2D eigenvalue weighted by molar-refractivity contribution is 9.12. The third-order valence-corrected chi connectivity index (χ3v) is 5.93. The minimum Gasteiger partial charge on any atom is -0.310 e. The number of benzene rings is 1. The molecule has 1 aromatic carbocycles. The topological polar surface area (TPSA) is 12.0 Å². The molecule has 0 radical (unpaired) electrons. The molecule has 0 aliphatic rings. The normalized spacial score (nSPS) is 12.7. The summed E-state index contributed by atoms with van der Waals surface area (Å²) in [7, 11) is 0. The molecular weight excluding hydrogens is 445 g/mol. The van der Waals surface area contributed by atoms with Gasteiger partial charge in [0.1, 0.15) is 0 Å². The van der Waals surface area contributed by atoms with Crippen LogP contribution in [0, 0.1) is 0 Å². The van der Waals surface area contributed by atoms with Crippen molar-refractivity contribution in [3.8, 4) is 0 Å². The first-order valence-electron chi connectivity index (χ1n) is 6.13. The fourth-order valence-electron chi connectivity index (χ4n) is 2.05. The zero-order valence-electron chi connectivity index (χ0n) is 10.7. The molecule has 6 heteroatoms. The third-order valence-electron chi connectivity index (χ3n) is 2.94. The van der Waals surface area contributed by atoms with Crippen LogP contribution in [0.2, 0.25) is 10.0 Å². The minimum atomic E-state index is 0.202. The van der Waals surface area contributed by atoms with E-state index in [1.807, 2.05) is 18.2 Å². The second-order valence-electron chi connectivity index (χ2n) is 4.33. The molecule has 0 saturated heterocycles. The Balaban J connectivity index is 2.30. The number of halogens is 4. The molecule has 1 heterocycles. The van der Waals surface area contributed by atoms with Gasteiger partial charge in [-0.25, -0.2) is 0 Å². The van der Waals surface area contributed by atoms with Gasteiger partial charge in [0.05, 0.1) is 7.57 Å². The van der Waals surface area contributed by atoms with Gasteiger partial charge in [0.15, 0.2) is 0 Å². The van der Waals surface area contributed by atoms with E-state index in [0.717, 1.165) is 31.1 Å². The summed E-state index contributed by atoms with van der Waals surface area (Å²) in [6.07, 6.45) is 0.801. The maximum Gasteiger partial charge on any atom is 0.0758 e. The third kappa shape index (κ3) is 4.21. The molecule has 1 aromatic heterocycles. The lowest BCUT2D eigenvalue weighted by Crippen LogP contribution is -2.23. The van der Waals surface area contributed by atoms with E-state index in [-0.39, 0.29) is 6.04 Å². The van der Waals surface area contributed by atoms with Crippen molar-refractivity contribution in [1.29, 1.82) is 0 Å². The van der Waals surface area contributed by atoms with Crippen molar-refractivity contribution in [2.75, 3.05) is 6.54 Å². The summed E-state index contributed by atoms with van der Waals surface area (Å²) in [4.78, 5) is 0. The fraction of sp³-hybridized carbons (Fsp3) is 0.286. The Labute approximate surface area is 149 Å². The van der Waals surface area contributed by atoms with E-state index < -0.39 is 0 Å². The average molecular weight is 458 g/mol. The number of nitrogens with one attached hydrogen (secondary N) is 1. The molecule has 0 amide bonds. The number of hydrogen-bond donors (Lipinski definition) is 1. The Morgan fingerprint density at radius 3 is 2.60 bits per heavy atom. The zero-order valence-corrected chi connectivity index (χ0v) is 16.2. The van der Waals surface area contributed by atoms with E-state index >= 15 is 0 Å². The molecule has 0 saturated carbocycles. The van der Waals surface area contributed by atoms with Crippen molar-refractivity contribution < 1.29 is 0 Å². The maximum absolute atomic E-state index is 6.27. The molecule has 1 nitrogen and oxygen atoms in total. The first-order chi connectivity index (χ1) is 9.51. The van der Waals surface area contributed by atoms with Gasteiger partial charge >= 0.3 is 0 Å². The minimum absolute atomic E-state index is 0.202. The number of thiophene rings is 1. The van der Waals surface area contributed by atoms with E-state index in [9.17, 15) is 0 Å². The van der Waals surface area contributed by atoms with Crippen LogP contribution in [-0.4, -0.2) is 6.54 Å². The Morgan fingerprint density at radius 1 is 1.25 bits per heavy atom. The second kappa shape index (κ2) is 7.61. The highest BCUT2D eigenvalue weighted by Crippen LogP contribution is 2.37. The number of hydrogen-bond acceptors (Lipinski definition) is 2. The predicted molar refractivity (Wildman–Crippen MR) is 96.3 cm³/mol. The van der Waals surface area contributed by atoms with Crippen molar-refractivity contribution in [3.63, 3.8) is 0 Å². The summed E-state index contributed by atoms with van der Waals surface area (Å²) in [5.74, 6) is 0. The summed E-state index contributed by atoms with van der Waals surface area (Å²) < 4.78 is 2.24. The summed E-state index contributed by atoms with van der Waals surface area (Å²) in [6.45, 7) is 2.99. The lowest BCUT2D eigenvalue weighted by Gasteiger charge is -2.18. The van der Waals surface area contributed by atoms with Gasteiger partial charge in [-0.1, -0.05) is 30.1 Å². The summed E-state index contributed by atoms with van der Waals surface area (Å²) in [5, 5.41) is 4.97. The smallest absolute Gasteiger partial charge is 0.0758 e. The lowest BCUT2D eigenvalue weighted by atomic mass is 10.0. The van der Waals surface area contributed by atoms with Gasteiger partial charge in [-0.2, -0.15) is 0 Å². The van der Waals surface area contributed by atoms with E-state index in [2.05, 4.69) is 50.2 Å². The first kappa shape index (κ1) is 16.8. The van der Waals surface area contributed by atoms with Crippen LogP contribution < -0.4 is 5.32 Å². The largest absolute Gasteiger partial charge is 0.310 e. The first-order valence-corrected chi connectivity index (χ1v) is 9.29. The van der Waals surface area contributed by atoms with Crippen LogP contribution in [0.1, 0.15) is 24.1 Å². The van der Waals surface area contributed by atoms with Crippen LogP contribution in [0.15, 0.2) is 31.8 Å². The summed E-state index contributed by atoms with van der Waals surface area (Å²) >= 11 is 21.2. The summed E-state index contributed by atoms with van der Waals surface area (Å²) in [5.41, 5.74) is 2.29. The Morgan fingerprint density at radius 2 is 2.00 bits per heavy atom. The van der Waals surface area contributed by atoms with E-state index in [0.29, 0.717) is 5.02 Å². The molecule has 1 atom stereocenters. The van der Waals surface area contributed by atoms with Gasteiger partial charge in [-0.3, -0.25) is 0 Å². The van der Waals surface area contributed by atoms with Crippen LogP contribution in [0.3, 0.4) is 0 Å². The predicted octanol–water partition coefficient (Wildman–Crippen LogP) is 6.47. The van der Waals surface area contributed by atoms with Gasteiger partial charge in [0, 0.05) is 16.1 Å². The highest BCUT2D eigenvalue weighted by Gasteiger charge is 2.18. The van der Waals surface area contributed by atoms with Gasteiger partial charge in [-0.05, 0) is 80.2 Å². The van der Waals surface area contributed by atoms with Gasteiger partial charge in [-0.15, -0.1) is 11.3 Å². The fourth-order valence-corrected chi connectivity index (χ4v) is 5.41. The Kier molecular flexibility index (Phi) is 6.39. The zero-order chi connectivity index (χ0) is 14.7. The molecule has 2 rings (SSSR count). The highest BCUT2D eigenvalue weighted by atomic mass is 79.9. The maximum atomic E-state index is 6.27. The molecule has 0 aliphatic heterocycles. The average Bonchev–Trinajstić information content (AvgIpc) is 2.72. The Bertz CT molecular complexity index is 601. The van der Waals surface area contributed by atoms with Crippen molar-refractivity contribution in [3.05, 3.63) is 53.0 Å². The van der Waals surface area contributed by atoms with Gasteiger partial charge in [0.25, 0.3) is 0 Å². The number of likely N-dealkylation sites (N-methyl/N-ethyl adjacent to an activating group) is 1. The number of rotatable bonds is 5. The molecule has 0 spiro atoms. The van der Waals surface area contributed by atoms with Crippen molar-refractivity contribution in [2.45, 2.75) is 19.4 Å². The SMILES string of the molecule is CCNC(Cc1cc(Cl)ccc1Cl)c1cc(Br)sc1Br. The van der Waals surface area contributed by atoms with Crippen LogP contribution in [-0.2, 0) is 6.42 Å². The molecule has 2 aromatic rings. The van der Waals surface area contributed by atoms with Crippen LogP contribution in [0.25, 0.3) is 0 Å². The van der Waals surface area contributed by atoms with Crippen LogP contribution in [0.5, 0.6) is 0 Å². The monoisotopic (exact) mass is 455 g/mol. The van der Waals surface area contributed by atoms with Crippen molar-refractivity contribution in [2.24, 2.45) is 0 Å². The quantitative estimate of drug-likeness (QED) is 0.542. The molecule has 0 aliphatic carbocycles. The molecule has 20 heavy (non-hydrogen) atoms. The van der Waals surface area contributed by atoms with Gasteiger partial charge in [0.2, 0.25) is 0 Å². The standard InChI is InChI=1S/C14H13Br2Cl2NS/c1-2-19-12(10-7-13(15)20-14(10)16)6-8-5-9(17)3-4-11(8)18/h3-5,7,12,19H,2,6H2,1H3. The molecule has 1 unspecified atom stereocenters. The van der Waals surface area contributed by atoms with Crippen molar-refractivity contribution >= 4 is 66.4 Å². The molecule has 0 fully saturated rings. The lowest BCUT2D eigenvalue weighted by molar-refractivity contribution is 0.550. The molecule has 0 bridgehead atoms. The van der Waals surface area contributed by atoms with E-state index in [1.54, 1.807) is 11.3 Å².